The smallest absolute Gasteiger partial charge is 0.309 e. The van der Waals surface area contributed by atoms with Crippen LogP contribution in [0.3, 0.4) is 0 Å². The van der Waals surface area contributed by atoms with E-state index in [1.54, 1.807) is 20.4 Å². The molecule has 6 nitrogen and oxygen atoms in total. The lowest BCUT2D eigenvalue weighted by molar-refractivity contribution is -0.152. The van der Waals surface area contributed by atoms with E-state index in [4.69, 9.17) is 21.1 Å². The highest BCUT2D eigenvalue weighted by Gasteiger charge is 2.40. The molecule has 1 aliphatic heterocycles. The second-order valence-corrected chi connectivity index (χ2v) is 10.8. The Bertz CT molecular complexity index is 1180. The molecule has 2 aromatic carbocycles. The third-order valence-electron chi connectivity index (χ3n) is 7.22. The van der Waals surface area contributed by atoms with Crippen molar-refractivity contribution in [2.45, 2.75) is 37.0 Å². The zero-order valence-corrected chi connectivity index (χ0v) is 22.4. The molecule has 3 aromatic rings. The van der Waals surface area contributed by atoms with Gasteiger partial charge in [-0.2, -0.15) is 0 Å². The van der Waals surface area contributed by atoms with Gasteiger partial charge in [-0.3, -0.25) is 9.78 Å². The number of ether oxygens (including phenoxy) is 2. The number of aryl methyl sites for hydroxylation is 1. The number of methoxy groups -OCH3 is 2. The first-order chi connectivity index (χ1) is 17.4. The van der Waals surface area contributed by atoms with Crippen LogP contribution in [0.5, 0.6) is 11.5 Å². The van der Waals surface area contributed by atoms with Crippen molar-refractivity contribution in [1.29, 1.82) is 0 Å². The van der Waals surface area contributed by atoms with Crippen molar-refractivity contribution >= 4 is 40.2 Å². The number of aromatic nitrogens is 1. The van der Waals surface area contributed by atoms with Gasteiger partial charge in [-0.15, -0.1) is 11.8 Å². The molecule has 0 atom stereocenters. The highest BCUT2D eigenvalue weighted by molar-refractivity contribution is 7.99. The topological polar surface area (TPSA) is 71.9 Å². The highest BCUT2D eigenvalue weighted by atomic mass is 35.5. The number of rotatable bonds is 11. The number of carboxylic acids is 1. The van der Waals surface area contributed by atoms with Gasteiger partial charge in [-0.25, -0.2) is 0 Å². The predicted molar refractivity (Wildman–Crippen MR) is 146 cm³/mol. The Hall–Kier alpha value is -2.48. The van der Waals surface area contributed by atoms with Crippen molar-refractivity contribution in [3.63, 3.8) is 0 Å². The second kappa shape index (κ2) is 12.2. The van der Waals surface area contributed by atoms with Crippen LogP contribution in [0.15, 0.2) is 53.6 Å². The molecule has 2 heterocycles. The zero-order valence-electron chi connectivity index (χ0n) is 20.8. The van der Waals surface area contributed by atoms with Crippen LogP contribution in [0.2, 0.25) is 5.02 Å². The molecule has 1 fully saturated rings. The molecule has 8 heteroatoms. The van der Waals surface area contributed by atoms with E-state index in [0.717, 1.165) is 59.8 Å². The van der Waals surface area contributed by atoms with Gasteiger partial charge in [0.15, 0.2) is 0 Å². The summed E-state index contributed by atoms with van der Waals surface area (Å²) < 4.78 is 10.6. The van der Waals surface area contributed by atoms with Crippen molar-refractivity contribution in [1.82, 2.24) is 9.88 Å². The number of halogens is 1. The Morgan fingerprint density at radius 1 is 1.11 bits per heavy atom. The van der Waals surface area contributed by atoms with E-state index in [1.165, 1.54) is 4.90 Å². The average molecular weight is 529 g/mol. The number of hydrogen-bond donors (Lipinski definition) is 1. The molecule has 192 valence electrons. The van der Waals surface area contributed by atoms with E-state index in [1.807, 2.05) is 42.1 Å². The van der Waals surface area contributed by atoms with Gasteiger partial charge in [0.25, 0.3) is 0 Å². The second-order valence-electron chi connectivity index (χ2n) is 9.27. The molecule has 4 rings (SSSR count). The van der Waals surface area contributed by atoms with Gasteiger partial charge in [0.1, 0.15) is 11.5 Å². The molecule has 0 saturated carbocycles. The lowest BCUT2D eigenvalue weighted by atomic mass is 9.74. The monoisotopic (exact) mass is 528 g/mol. The maximum absolute atomic E-state index is 12.4. The molecule has 0 bridgehead atoms. The number of nitrogens with zero attached hydrogens (tertiary/aromatic N) is 2. The molecule has 36 heavy (non-hydrogen) atoms. The fourth-order valence-electron chi connectivity index (χ4n) is 4.93. The normalized spacial score (nSPS) is 15.6. The van der Waals surface area contributed by atoms with Crippen LogP contribution in [0.25, 0.3) is 10.9 Å². The third-order valence-corrected chi connectivity index (χ3v) is 8.54. The molecule has 1 saturated heterocycles. The number of likely N-dealkylation sites (tertiary alicyclic amines) is 1. The van der Waals surface area contributed by atoms with E-state index < -0.39 is 11.4 Å². The summed E-state index contributed by atoms with van der Waals surface area (Å²) >= 11 is 8.33. The van der Waals surface area contributed by atoms with Crippen molar-refractivity contribution in [3.05, 3.63) is 59.2 Å². The summed E-state index contributed by atoms with van der Waals surface area (Å²) in [4.78, 5) is 20.4. The minimum atomic E-state index is -0.679. The Morgan fingerprint density at radius 2 is 1.81 bits per heavy atom. The molecule has 0 spiro atoms. The number of carbonyl (C=O) groups is 1. The van der Waals surface area contributed by atoms with Gasteiger partial charge >= 0.3 is 5.97 Å². The van der Waals surface area contributed by atoms with Crippen LogP contribution in [-0.4, -0.2) is 60.6 Å². The summed E-state index contributed by atoms with van der Waals surface area (Å²) in [5.74, 6) is 1.91. The fraction of sp³-hybridized carbons (Fsp3) is 0.429. The molecular formula is C28H33ClN2O4S. The average Bonchev–Trinajstić information content (AvgIpc) is 2.90. The minimum Gasteiger partial charge on any atom is -0.497 e. The number of fused-ring (bicyclic) bond motifs is 1. The number of thioether (sulfide) groups is 1. The Labute approximate surface area is 221 Å². The molecule has 1 N–H and O–H groups in total. The number of pyridine rings is 1. The molecule has 0 aliphatic carbocycles. The summed E-state index contributed by atoms with van der Waals surface area (Å²) in [6.07, 6.45) is 5.14. The van der Waals surface area contributed by atoms with Crippen molar-refractivity contribution in [3.8, 4) is 11.5 Å². The van der Waals surface area contributed by atoms with E-state index >= 15 is 0 Å². The van der Waals surface area contributed by atoms with Gasteiger partial charge in [-0.05, 0) is 93.2 Å². The molecule has 1 aliphatic rings. The first kappa shape index (κ1) is 26.6. The Kier molecular flexibility index (Phi) is 8.99. The van der Waals surface area contributed by atoms with Crippen molar-refractivity contribution < 1.29 is 19.4 Å². The number of aliphatic carboxylic acids is 1. The largest absolute Gasteiger partial charge is 0.497 e. The highest BCUT2D eigenvalue weighted by Crippen LogP contribution is 2.38. The standard InChI is InChI=1S/C28H33ClN2O4S/c1-34-20-5-8-22(9-6-20)36-17-16-31-14-12-28(13-15-31,27(32)33)11-3-4-23-24-18-21(35-2)7-10-26(24)30-19-25(23)29/h5-10,18-19H,3-4,11-17H2,1-2H3,(H,32,33). The van der Waals surface area contributed by atoms with E-state index in [0.29, 0.717) is 30.7 Å². The van der Waals surface area contributed by atoms with Crippen molar-refractivity contribution in [2.75, 3.05) is 39.6 Å². The minimum absolute atomic E-state index is 0.615. The SMILES string of the molecule is COc1ccc(SCCN2CCC(CCCc3c(Cl)cnc4ccc(OC)cc34)(C(=O)O)CC2)cc1. The predicted octanol–water partition coefficient (Wildman–Crippen LogP) is 6.19. The maximum atomic E-state index is 12.4. The van der Waals surface area contributed by atoms with Crippen LogP contribution in [-0.2, 0) is 11.2 Å². The van der Waals surface area contributed by atoms with Crippen molar-refractivity contribution in [2.24, 2.45) is 5.41 Å². The Balaban J connectivity index is 1.31. The first-order valence-corrected chi connectivity index (χ1v) is 13.6. The van der Waals surface area contributed by atoms with Gasteiger partial charge < -0.3 is 19.5 Å². The summed E-state index contributed by atoms with van der Waals surface area (Å²) in [5.41, 5.74) is 1.20. The lowest BCUT2D eigenvalue weighted by Gasteiger charge is -2.39. The van der Waals surface area contributed by atoms with Gasteiger partial charge in [0.2, 0.25) is 0 Å². The van der Waals surface area contributed by atoms with Gasteiger partial charge in [-0.1, -0.05) is 11.6 Å². The van der Waals surface area contributed by atoms with E-state index in [2.05, 4.69) is 22.0 Å². The Morgan fingerprint density at radius 3 is 2.47 bits per heavy atom. The molecular weight excluding hydrogens is 496 g/mol. The molecule has 0 unspecified atom stereocenters. The molecule has 1 aromatic heterocycles. The first-order valence-electron chi connectivity index (χ1n) is 12.3. The molecule has 0 radical (unpaired) electrons. The third kappa shape index (κ3) is 6.25. The number of carboxylic acid groups (broad SMARTS) is 1. The van der Waals surface area contributed by atoms with Crippen LogP contribution in [0, 0.1) is 5.41 Å². The quantitative estimate of drug-likeness (QED) is 0.297. The van der Waals surface area contributed by atoms with Crippen LogP contribution in [0.1, 0.15) is 31.2 Å². The number of piperidine rings is 1. The fourth-order valence-corrected chi connectivity index (χ4v) is 6.09. The van der Waals surface area contributed by atoms with E-state index in [-0.39, 0.29) is 0 Å². The number of hydrogen-bond acceptors (Lipinski definition) is 6. The summed E-state index contributed by atoms with van der Waals surface area (Å²) in [7, 11) is 3.31. The zero-order chi connectivity index (χ0) is 25.5. The summed E-state index contributed by atoms with van der Waals surface area (Å²) in [6.45, 7) is 2.57. The van der Waals surface area contributed by atoms with Gasteiger partial charge in [0, 0.05) is 28.8 Å². The lowest BCUT2D eigenvalue weighted by Crippen LogP contribution is -2.45. The maximum Gasteiger partial charge on any atom is 0.309 e. The molecule has 0 amide bonds. The van der Waals surface area contributed by atoms with Crippen LogP contribution >= 0.6 is 23.4 Å². The summed E-state index contributed by atoms with van der Waals surface area (Å²) in [5, 5.41) is 11.7. The van der Waals surface area contributed by atoms with Crippen LogP contribution < -0.4 is 9.47 Å². The summed E-state index contributed by atoms with van der Waals surface area (Å²) in [6, 6.07) is 13.9. The van der Waals surface area contributed by atoms with Gasteiger partial charge in [0.05, 0.1) is 30.2 Å². The van der Waals surface area contributed by atoms with Crippen LogP contribution in [0.4, 0.5) is 0 Å². The van der Waals surface area contributed by atoms with E-state index in [9.17, 15) is 9.90 Å². The number of benzene rings is 2.